The zero-order valence-electron chi connectivity index (χ0n) is 85.8. The lowest BCUT2D eigenvalue weighted by Crippen LogP contribution is -2.26. The molecule has 3 nitrogen and oxygen atoms in total. The number of ether oxygens (including phenoxy) is 3. The Labute approximate surface area is 831 Å². The van der Waals surface area contributed by atoms with Crippen LogP contribution < -0.4 is 14.2 Å². The fourth-order valence-corrected chi connectivity index (χ4v) is 23.9. The molecule has 6 saturated carbocycles. The SMILES string of the molecule is CC1CCC(C2CCC(Cc3cc4c(c(F)c3F)C(C)C(C)C=C4)CC2)CC1.CC1CCC(C2CCC(Cc3cc4c(c(F)c3F)OC(C)C=C4)CC2)CC1.CC1CCC(Cc2cc3c(c(F)c2F)OC(C)C=C3)CC1.Cc1ccc(Cc2cc3c(c(F)c2F)OC(C)C=C3)cc1.Cc1ccc(Cc2cc3ccc(C)c(C)c3c(F)c2F)cc1.Cc1ccc2cc(CC3CCC(C)CC3)c(F)c(F)c2c1C. The van der Waals surface area contributed by atoms with Gasteiger partial charge in [0.25, 0.3) is 0 Å². The van der Waals surface area contributed by atoms with Crippen molar-refractivity contribution in [2.75, 3.05) is 0 Å². The van der Waals surface area contributed by atoms with Gasteiger partial charge in [-0.05, 0) is 411 Å². The van der Waals surface area contributed by atoms with Crippen LogP contribution in [0.15, 0.2) is 133 Å². The van der Waals surface area contributed by atoms with Crippen molar-refractivity contribution >= 4 is 45.8 Å². The predicted molar refractivity (Wildman–Crippen MR) is 554 cm³/mol. The number of aryl methyl sites for hydroxylation is 6. The molecule has 5 unspecified atom stereocenters. The van der Waals surface area contributed by atoms with Crippen molar-refractivity contribution in [3.8, 4) is 17.2 Å². The van der Waals surface area contributed by atoms with Gasteiger partial charge in [-0.3, -0.25) is 0 Å². The van der Waals surface area contributed by atoms with E-state index < -0.39 is 69.8 Å². The van der Waals surface area contributed by atoms with E-state index in [1.165, 1.54) is 116 Å². The summed E-state index contributed by atoms with van der Waals surface area (Å²) in [4.78, 5) is 0. The van der Waals surface area contributed by atoms with E-state index in [1.54, 1.807) is 37.3 Å². The van der Waals surface area contributed by atoms with Gasteiger partial charge < -0.3 is 14.2 Å². The van der Waals surface area contributed by atoms with Crippen LogP contribution in [0.4, 0.5) is 52.7 Å². The largest absolute Gasteiger partial charge is 0.483 e. The highest BCUT2D eigenvalue weighted by atomic mass is 19.2. The monoisotopic (exact) mass is 1940 g/mol. The molecule has 7 aliphatic carbocycles. The Morgan fingerprint density at radius 3 is 0.872 bits per heavy atom. The first-order valence-electron chi connectivity index (χ1n) is 53.1. The summed E-state index contributed by atoms with van der Waals surface area (Å²) in [7, 11) is 0. The molecule has 0 bridgehead atoms. The smallest absolute Gasteiger partial charge is 0.201 e. The lowest BCUT2D eigenvalue weighted by Gasteiger charge is -2.37. The maximum Gasteiger partial charge on any atom is 0.201 e. The van der Waals surface area contributed by atoms with E-state index in [2.05, 4.69) is 40.7 Å². The Kier molecular flexibility index (Phi) is 35.5. The molecule has 6 fully saturated rings. The van der Waals surface area contributed by atoms with Crippen molar-refractivity contribution in [2.45, 2.75) is 321 Å². The van der Waals surface area contributed by atoms with Crippen LogP contribution in [0.1, 0.15) is 328 Å². The molecule has 20 rings (SSSR count). The fourth-order valence-electron chi connectivity index (χ4n) is 23.9. The van der Waals surface area contributed by atoms with E-state index in [-0.39, 0.29) is 47.4 Å². The second-order valence-electron chi connectivity index (χ2n) is 44.5. The van der Waals surface area contributed by atoms with Gasteiger partial charge in [0.1, 0.15) is 18.3 Å². The minimum Gasteiger partial charge on any atom is -0.483 e. The van der Waals surface area contributed by atoms with Gasteiger partial charge in [0, 0.05) is 45.9 Å². The molecule has 15 heteroatoms. The van der Waals surface area contributed by atoms with Gasteiger partial charge in [-0.25, -0.2) is 39.5 Å². The summed E-state index contributed by atoms with van der Waals surface area (Å²) in [6, 6.07) is 34.1. The zero-order chi connectivity index (χ0) is 100. The van der Waals surface area contributed by atoms with Gasteiger partial charge in [0.15, 0.2) is 69.6 Å². The van der Waals surface area contributed by atoms with Crippen molar-refractivity contribution in [2.24, 2.45) is 76.9 Å². The minimum absolute atomic E-state index is 0.00940. The summed E-state index contributed by atoms with van der Waals surface area (Å²) in [5, 5.41) is 2.41. The van der Waals surface area contributed by atoms with E-state index in [4.69, 9.17) is 14.2 Å². The minimum atomic E-state index is -0.897. The molecular formula is C126H148F12O3. The molecule has 0 aromatic heterocycles. The summed E-state index contributed by atoms with van der Waals surface area (Å²) in [6.45, 7) is 30.3. The Hall–Kier alpha value is -9.76. The molecule has 10 aromatic rings. The Morgan fingerprint density at radius 1 is 0.255 bits per heavy atom. The van der Waals surface area contributed by atoms with Crippen LogP contribution in [0.5, 0.6) is 17.2 Å². The first-order chi connectivity index (χ1) is 67.5. The third-order valence-electron chi connectivity index (χ3n) is 33.7. The Morgan fingerprint density at radius 2 is 0.518 bits per heavy atom. The molecule has 10 aliphatic rings. The van der Waals surface area contributed by atoms with E-state index in [0.717, 1.165) is 147 Å². The number of rotatable bonds is 14. The van der Waals surface area contributed by atoms with Gasteiger partial charge in [0.2, 0.25) is 17.5 Å². The molecule has 754 valence electrons. The third kappa shape index (κ3) is 25.8. The van der Waals surface area contributed by atoms with Crippen molar-refractivity contribution in [3.05, 3.63) is 309 Å². The lowest BCUT2D eigenvalue weighted by atomic mass is 9.68. The first kappa shape index (κ1) is 106. The molecule has 3 aliphatic heterocycles. The summed E-state index contributed by atoms with van der Waals surface area (Å²) >= 11 is 0. The van der Waals surface area contributed by atoms with Crippen molar-refractivity contribution in [1.29, 1.82) is 0 Å². The second-order valence-corrected chi connectivity index (χ2v) is 44.5. The summed E-state index contributed by atoms with van der Waals surface area (Å²) in [6.07, 6.45) is 48.1. The van der Waals surface area contributed by atoms with Crippen LogP contribution in [0.25, 0.3) is 45.8 Å². The normalized spacial score (nSPS) is 25.3. The molecule has 141 heavy (non-hydrogen) atoms. The molecular weight excluding hydrogens is 1790 g/mol. The van der Waals surface area contributed by atoms with E-state index in [9.17, 15) is 52.7 Å². The average molecular weight is 1940 g/mol. The van der Waals surface area contributed by atoms with E-state index >= 15 is 0 Å². The number of allylic oxidation sites excluding steroid dienone is 1. The predicted octanol–water partition coefficient (Wildman–Crippen LogP) is 36.4. The zero-order valence-corrected chi connectivity index (χ0v) is 85.8. The maximum absolute atomic E-state index is 14.9. The number of hydrogen-bond donors (Lipinski definition) is 0. The number of fused-ring (bicyclic) bond motifs is 6. The molecule has 3 heterocycles. The summed E-state index contributed by atoms with van der Waals surface area (Å²) in [5.74, 6) is 0.541. The molecule has 0 N–H and O–H groups in total. The highest BCUT2D eigenvalue weighted by Gasteiger charge is 2.37. The van der Waals surface area contributed by atoms with Crippen LogP contribution in [-0.2, 0) is 38.5 Å². The molecule has 0 spiro atoms. The van der Waals surface area contributed by atoms with Gasteiger partial charge in [0.05, 0.1) is 0 Å². The second kappa shape index (κ2) is 47.4. The molecule has 0 radical (unpaired) electrons. The van der Waals surface area contributed by atoms with Gasteiger partial charge in [-0.15, -0.1) is 0 Å². The van der Waals surface area contributed by atoms with Crippen LogP contribution in [-0.4, -0.2) is 18.3 Å². The highest BCUT2D eigenvalue weighted by molar-refractivity contribution is 5.89. The lowest BCUT2D eigenvalue weighted by molar-refractivity contribution is 0.150. The van der Waals surface area contributed by atoms with Crippen molar-refractivity contribution in [1.82, 2.24) is 0 Å². The molecule has 0 saturated heterocycles. The first-order valence-corrected chi connectivity index (χ1v) is 53.1. The van der Waals surface area contributed by atoms with Gasteiger partial charge in [-0.2, -0.15) is 13.2 Å². The van der Waals surface area contributed by atoms with E-state index in [0.29, 0.717) is 129 Å². The summed E-state index contributed by atoms with van der Waals surface area (Å²) < 4.78 is 190. The molecule has 10 aromatic carbocycles. The van der Waals surface area contributed by atoms with Crippen molar-refractivity contribution < 1.29 is 66.9 Å². The fraction of sp³-hybridized carbons (Fsp3) is 0.492. The van der Waals surface area contributed by atoms with Crippen LogP contribution in [0.2, 0.25) is 0 Å². The standard InChI is InChI=1S/C26H36F2.C24H32F2O.C20H24F2.C20H18F2.C18H22F2O.C18H16F2O/c1-16-4-9-20(10-5-16)21-12-7-19(8-13-21)14-23-15-22-11-6-17(2)18(3)24(22)26(28)25(23)27;1-15-3-8-18(9-4-15)19-11-6-17(7-12-19)13-21-14-20-10-5-16(2)27-24(20)23(26)22(21)25;2*1-12-4-7-15(8-5-12)10-17-11-16-9-6-13(2)14(3)18(16)20(22)19(17)21;2*1-11-3-6-13(7-4-11)9-15-10-14-8-5-12(2)21-18(14)17(20)16(15)19/h6,11,15-21H,4-5,7-10,12-14H2,1-3H3;5,10,14-19H,3-4,6-9,11-13H2,1-2H3;6,9,11-12,15H,4-5,7-8,10H2,1-3H3;4-9,11H,10H2,1-3H3;5,8,10-13H,3-4,6-7,9H2,1-2H3;3-8,10,12H,9H2,1-2H3. The topological polar surface area (TPSA) is 27.7 Å². The Bertz CT molecular complexity index is 6130. The van der Waals surface area contributed by atoms with E-state index in [1.807, 2.05) is 184 Å². The van der Waals surface area contributed by atoms with Crippen LogP contribution >= 0.6 is 0 Å². The number of hydrogen-bond acceptors (Lipinski definition) is 3. The van der Waals surface area contributed by atoms with Crippen LogP contribution in [0.3, 0.4) is 0 Å². The van der Waals surface area contributed by atoms with Gasteiger partial charge in [-0.1, -0.05) is 207 Å². The quantitative estimate of drug-likeness (QED) is 0.102. The highest BCUT2D eigenvalue weighted by Crippen LogP contribution is 2.48. The molecule has 0 amide bonds. The number of benzene rings is 10. The van der Waals surface area contributed by atoms with Gasteiger partial charge >= 0.3 is 0 Å². The van der Waals surface area contributed by atoms with Crippen molar-refractivity contribution in [3.63, 3.8) is 0 Å². The summed E-state index contributed by atoms with van der Waals surface area (Å²) in [5.41, 5.74) is 14.1. The number of halogens is 12. The molecule has 5 atom stereocenters. The Balaban J connectivity index is 0.000000128. The van der Waals surface area contributed by atoms with Crippen LogP contribution in [0, 0.1) is 188 Å². The third-order valence-corrected chi connectivity index (χ3v) is 33.7. The average Bonchev–Trinajstić information content (AvgIpc) is 0.795. The maximum atomic E-state index is 14.9.